The van der Waals surface area contributed by atoms with Gasteiger partial charge in [0.1, 0.15) is 6.54 Å². The molecule has 0 aliphatic rings. The zero-order valence-electron chi connectivity index (χ0n) is 10.5. The molecule has 6 nitrogen and oxygen atoms in total. The van der Waals surface area contributed by atoms with Crippen molar-refractivity contribution in [2.24, 2.45) is 7.05 Å². The van der Waals surface area contributed by atoms with Crippen LogP contribution in [0.4, 0.5) is 0 Å². The molecule has 6 heteroatoms. The van der Waals surface area contributed by atoms with Crippen molar-refractivity contribution in [3.8, 4) is 0 Å². The van der Waals surface area contributed by atoms with Gasteiger partial charge in [-0.1, -0.05) is 13.8 Å². The first-order chi connectivity index (χ1) is 7.82. The molecule has 0 aliphatic heterocycles. The minimum Gasteiger partial charge on any atom is -0.480 e. The number of aliphatic carboxylic acids is 1. The van der Waals surface area contributed by atoms with E-state index in [2.05, 4.69) is 5.10 Å². The van der Waals surface area contributed by atoms with Crippen LogP contribution >= 0.6 is 0 Å². The molecule has 0 saturated carbocycles. The zero-order chi connectivity index (χ0) is 13.2. The Morgan fingerprint density at radius 1 is 1.53 bits per heavy atom. The summed E-state index contributed by atoms with van der Waals surface area (Å²) >= 11 is 0. The fourth-order valence-corrected chi connectivity index (χ4v) is 1.60. The summed E-state index contributed by atoms with van der Waals surface area (Å²) in [5.74, 6) is -1.16. The summed E-state index contributed by atoms with van der Waals surface area (Å²) in [5, 5.41) is 12.7. The third-order valence-corrected chi connectivity index (χ3v) is 2.45. The van der Waals surface area contributed by atoms with Gasteiger partial charge in [0.15, 0.2) is 5.69 Å². The van der Waals surface area contributed by atoms with Crippen molar-refractivity contribution in [1.82, 2.24) is 14.7 Å². The van der Waals surface area contributed by atoms with Gasteiger partial charge in [-0.2, -0.15) is 5.10 Å². The van der Waals surface area contributed by atoms with Crippen molar-refractivity contribution < 1.29 is 14.7 Å². The van der Waals surface area contributed by atoms with Crippen LogP contribution in [-0.4, -0.2) is 45.3 Å². The van der Waals surface area contributed by atoms with E-state index in [-0.39, 0.29) is 24.1 Å². The topological polar surface area (TPSA) is 75.4 Å². The molecule has 0 bridgehead atoms. The molecule has 0 aliphatic carbocycles. The van der Waals surface area contributed by atoms with Crippen molar-refractivity contribution in [2.75, 3.05) is 13.6 Å². The van der Waals surface area contributed by atoms with Crippen LogP contribution in [-0.2, 0) is 11.8 Å². The largest absolute Gasteiger partial charge is 0.480 e. The van der Waals surface area contributed by atoms with Crippen LogP contribution in [0.2, 0.25) is 0 Å². The third kappa shape index (κ3) is 3.05. The molecule has 0 radical (unpaired) electrons. The first-order valence-electron chi connectivity index (χ1n) is 5.34. The molecule has 94 valence electrons. The molecule has 0 fully saturated rings. The molecular formula is C11H17N3O3. The van der Waals surface area contributed by atoms with Gasteiger partial charge in [0.25, 0.3) is 5.91 Å². The number of nitrogens with zero attached hydrogens (tertiary/aromatic N) is 3. The molecule has 0 aromatic carbocycles. The number of likely N-dealkylation sites (N-methyl/N-ethyl adjacent to an activating group) is 1. The smallest absolute Gasteiger partial charge is 0.323 e. The molecule has 0 saturated heterocycles. The maximum absolute atomic E-state index is 11.9. The Bertz CT molecular complexity index is 437. The number of aromatic nitrogens is 2. The van der Waals surface area contributed by atoms with E-state index >= 15 is 0 Å². The second kappa shape index (κ2) is 4.99. The van der Waals surface area contributed by atoms with E-state index in [1.54, 1.807) is 17.8 Å². The van der Waals surface area contributed by atoms with E-state index in [0.717, 1.165) is 10.6 Å². The maximum atomic E-state index is 11.9. The van der Waals surface area contributed by atoms with Crippen LogP contribution < -0.4 is 0 Å². The lowest BCUT2D eigenvalue weighted by molar-refractivity contribution is -0.137. The lowest BCUT2D eigenvalue weighted by atomic mass is 10.1. The number of carbonyl (C=O) groups is 2. The Balaban J connectivity index is 2.90. The molecular weight excluding hydrogens is 222 g/mol. The summed E-state index contributed by atoms with van der Waals surface area (Å²) in [6, 6.07) is 1.70. The van der Waals surface area contributed by atoms with E-state index in [9.17, 15) is 9.59 Å². The highest BCUT2D eigenvalue weighted by Crippen LogP contribution is 2.15. The van der Waals surface area contributed by atoms with E-state index in [1.807, 2.05) is 13.8 Å². The number of carbonyl (C=O) groups excluding carboxylic acids is 1. The lowest BCUT2D eigenvalue weighted by Crippen LogP contribution is -2.32. The van der Waals surface area contributed by atoms with Crippen molar-refractivity contribution in [3.05, 3.63) is 17.5 Å². The molecule has 1 heterocycles. The SMILES string of the molecule is CC(C)c1cc(C(=O)N(C)CC(=O)O)nn1C. The molecule has 0 spiro atoms. The van der Waals surface area contributed by atoms with E-state index in [4.69, 9.17) is 5.11 Å². The second-order valence-corrected chi connectivity index (χ2v) is 4.29. The Kier molecular flexibility index (Phi) is 3.88. The van der Waals surface area contributed by atoms with E-state index < -0.39 is 5.97 Å². The normalized spacial score (nSPS) is 10.6. The number of aryl methyl sites for hydroxylation is 1. The number of carboxylic acids is 1. The molecule has 1 amide bonds. The van der Waals surface area contributed by atoms with Gasteiger partial charge in [0.2, 0.25) is 0 Å². The van der Waals surface area contributed by atoms with Crippen molar-refractivity contribution in [1.29, 1.82) is 0 Å². The van der Waals surface area contributed by atoms with Gasteiger partial charge in [-0.25, -0.2) is 0 Å². The zero-order valence-corrected chi connectivity index (χ0v) is 10.5. The molecule has 1 aromatic heterocycles. The number of hydrogen-bond donors (Lipinski definition) is 1. The summed E-state index contributed by atoms with van der Waals surface area (Å²) in [6.07, 6.45) is 0. The minimum absolute atomic E-state index is 0.263. The monoisotopic (exact) mass is 239 g/mol. The van der Waals surface area contributed by atoms with Crippen molar-refractivity contribution in [3.63, 3.8) is 0 Å². The van der Waals surface area contributed by atoms with Crippen LogP contribution in [0, 0.1) is 0 Å². The molecule has 1 aromatic rings. The van der Waals surface area contributed by atoms with E-state index in [0.29, 0.717) is 0 Å². The standard InChI is InChI=1S/C11H17N3O3/c1-7(2)9-5-8(12-14(9)4)11(17)13(3)6-10(15)16/h5,7H,6H2,1-4H3,(H,15,16). The Morgan fingerprint density at radius 2 is 2.12 bits per heavy atom. The first kappa shape index (κ1) is 13.2. The molecule has 17 heavy (non-hydrogen) atoms. The Hall–Kier alpha value is -1.85. The van der Waals surface area contributed by atoms with Gasteiger partial charge < -0.3 is 10.0 Å². The second-order valence-electron chi connectivity index (χ2n) is 4.29. The maximum Gasteiger partial charge on any atom is 0.323 e. The van der Waals surface area contributed by atoms with Crippen molar-refractivity contribution >= 4 is 11.9 Å². The van der Waals surface area contributed by atoms with Gasteiger partial charge in [-0.3, -0.25) is 14.3 Å². The summed E-state index contributed by atoms with van der Waals surface area (Å²) in [5.41, 5.74) is 1.22. The van der Waals surface area contributed by atoms with Gasteiger partial charge in [0.05, 0.1) is 0 Å². The highest BCUT2D eigenvalue weighted by Gasteiger charge is 2.19. The van der Waals surface area contributed by atoms with Crippen LogP contribution in [0.5, 0.6) is 0 Å². The Morgan fingerprint density at radius 3 is 2.53 bits per heavy atom. The van der Waals surface area contributed by atoms with Crippen LogP contribution in [0.15, 0.2) is 6.07 Å². The average Bonchev–Trinajstić information content (AvgIpc) is 2.58. The molecule has 0 atom stereocenters. The predicted octanol–water partition coefficient (Wildman–Crippen LogP) is 0.700. The third-order valence-electron chi connectivity index (χ3n) is 2.45. The van der Waals surface area contributed by atoms with Crippen LogP contribution in [0.1, 0.15) is 35.9 Å². The quantitative estimate of drug-likeness (QED) is 0.839. The van der Waals surface area contributed by atoms with Gasteiger partial charge in [-0.05, 0) is 12.0 Å². The minimum atomic E-state index is -1.04. The molecule has 0 unspecified atom stereocenters. The van der Waals surface area contributed by atoms with Gasteiger partial charge in [0, 0.05) is 19.8 Å². The van der Waals surface area contributed by atoms with Crippen LogP contribution in [0.3, 0.4) is 0 Å². The number of rotatable bonds is 4. The highest BCUT2D eigenvalue weighted by molar-refractivity contribution is 5.94. The number of hydrogen-bond acceptors (Lipinski definition) is 3. The average molecular weight is 239 g/mol. The molecule has 1 N–H and O–H groups in total. The van der Waals surface area contributed by atoms with Crippen molar-refractivity contribution in [2.45, 2.75) is 19.8 Å². The Labute approximate surface area is 99.8 Å². The number of amides is 1. The summed E-state index contributed by atoms with van der Waals surface area (Å²) in [4.78, 5) is 23.5. The lowest BCUT2D eigenvalue weighted by Gasteiger charge is -2.12. The van der Waals surface area contributed by atoms with Gasteiger partial charge >= 0.3 is 5.97 Å². The van der Waals surface area contributed by atoms with Gasteiger partial charge in [-0.15, -0.1) is 0 Å². The highest BCUT2D eigenvalue weighted by atomic mass is 16.4. The van der Waals surface area contributed by atoms with Crippen LogP contribution in [0.25, 0.3) is 0 Å². The summed E-state index contributed by atoms with van der Waals surface area (Å²) in [7, 11) is 3.21. The fraction of sp³-hybridized carbons (Fsp3) is 0.545. The van der Waals surface area contributed by atoms with E-state index in [1.165, 1.54) is 7.05 Å². The summed E-state index contributed by atoms with van der Waals surface area (Å²) in [6.45, 7) is 3.69. The first-order valence-corrected chi connectivity index (χ1v) is 5.34. The predicted molar refractivity (Wildman–Crippen MR) is 61.9 cm³/mol. The number of carboxylic acid groups (broad SMARTS) is 1. The summed E-state index contributed by atoms with van der Waals surface area (Å²) < 4.78 is 1.65. The molecule has 1 rings (SSSR count). The fourth-order valence-electron chi connectivity index (χ4n) is 1.60.